The molecule has 0 unspecified atom stereocenters. The molecule has 0 amide bonds. The summed E-state index contributed by atoms with van der Waals surface area (Å²) >= 11 is 5.75. The highest BCUT2D eigenvalue weighted by Gasteiger charge is 2.12. The molecule has 0 aliphatic heterocycles. The third-order valence-electron chi connectivity index (χ3n) is 2.89. The standard InChI is InChI=1S/C16H13ClN2O3/c1-11(9-16(20)12-5-3-2-4-6-12)18-13-7-8-14(17)15(10-13)19(21)22/h2-10,18H,1H3. The lowest BCUT2D eigenvalue weighted by atomic mass is 10.1. The number of nitro benzene ring substituents is 1. The lowest BCUT2D eigenvalue weighted by Crippen LogP contribution is -2.02. The summed E-state index contributed by atoms with van der Waals surface area (Å²) in [5.41, 5.74) is 1.45. The van der Waals surface area contributed by atoms with Crippen LogP contribution in [0.4, 0.5) is 11.4 Å². The molecule has 0 aliphatic rings. The van der Waals surface area contributed by atoms with Crippen molar-refractivity contribution >= 4 is 28.8 Å². The fourth-order valence-corrected chi connectivity index (χ4v) is 2.06. The van der Waals surface area contributed by atoms with E-state index in [2.05, 4.69) is 5.32 Å². The highest BCUT2D eigenvalue weighted by Crippen LogP contribution is 2.27. The second kappa shape index (κ2) is 6.87. The van der Waals surface area contributed by atoms with Crippen molar-refractivity contribution in [2.24, 2.45) is 0 Å². The number of benzene rings is 2. The van der Waals surface area contributed by atoms with Crippen molar-refractivity contribution in [3.8, 4) is 0 Å². The summed E-state index contributed by atoms with van der Waals surface area (Å²) in [6.07, 6.45) is 1.44. The van der Waals surface area contributed by atoms with Crippen LogP contribution in [0.1, 0.15) is 17.3 Å². The SMILES string of the molecule is CC(=CC(=O)c1ccccc1)Nc1ccc(Cl)c([N+](=O)[O-])c1. The van der Waals surface area contributed by atoms with Crippen molar-refractivity contribution in [3.05, 3.63) is 81.0 Å². The molecule has 0 bridgehead atoms. The van der Waals surface area contributed by atoms with E-state index in [9.17, 15) is 14.9 Å². The van der Waals surface area contributed by atoms with Crippen molar-refractivity contribution in [2.75, 3.05) is 5.32 Å². The number of nitrogens with one attached hydrogen (secondary N) is 1. The third-order valence-corrected chi connectivity index (χ3v) is 3.21. The monoisotopic (exact) mass is 316 g/mol. The normalized spacial score (nSPS) is 11.1. The van der Waals surface area contributed by atoms with Crippen LogP contribution in [0, 0.1) is 10.1 Å². The van der Waals surface area contributed by atoms with E-state index in [1.165, 1.54) is 18.2 Å². The van der Waals surface area contributed by atoms with Crippen molar-refractivity contribution in [1.82, 2.24) is 0 Å². The zero-order valence-electron chi connectivity index (χ0n) is 11.7. The molecule has 0 fully saturated rings. The molecule has 1 N–H and O–H groups in total. The molecular formula is C16H13ClN2O3. The van der Waals surface area contributed by atoms with Crippen molar-refractivity contribution in [3.63, 3.8) is 0 Å². The average molecular weight is 317 g/mol. The summed E-state index contributed by atoms with van der Waals surface area (Å²) in [5.74, 6) is -0.144. The van der Waals surface area contributed by atoms with Gasteiger partial charge in [0, 0.05) is 29.1 Å². The number of nitrogens with zero attached hydrogens (tertiary/aromatic N) is 1. The van der Waals surface area contributed by atoms with E-state index >= 15 is 0 Å². The molecule has 0 saturated heterocycles. The number of hydrogen-bond donors (Lipinski definition) is 1. The summed E-state index contributed by atoms with van der Waals surface area (Å²) in [5, 5.41) is 13.9. The molecule has 0 aromatic heterocycles. The molecule has 2 rings (SSSR count). The van der Waals surface area contributed by atoms with Crippen LogP contribution in [0.25, 0.3) is 0 Å². The summed E-state index contributed by atoms with van der Waals surface area (Å²) in [7, 11) is 0. The van der Waals surface area contributed by atoms with Gasteiger partial charge in [0.2, 0.25) is 0 Å². The van der Waals surface area contributed by atoms with Gasteiger partial charge in [-0.2, -0.15) is 0 Å². The maximum Gasteiger partial charge on any atom is 0.289 e. The van der Waals surface area contributed by atoms with Gasteiger partial charge < -0.3 is 5.32 Å². The number of nitro groups is 1. The van der Waals surface area contributed by atoms with Crippen molar-refractivity contribution in [1.29, 1.82) is 0 Å². The van der Waals surface area contributed by atoms with E-state index in [0.717, 1.165) is 0 Å². The van der Waals surface area contributed by atoms with Crippen LogP contribution >= 0.6 is 11.6 Å². The molecule has 5 nitrogen and oxygen atoms in total. The van der Waals surface area contributed by atoms with Gasteiger partial charge in [0.1, 0.15) is 5.02 Å². The second-order valence-electron chi connectivity index (χ2n) is 4.61. The predicted octanol–water partition coefficient (Wildman–Crippen LogP) is 4.45. The Morgan fingerprint density at radius 3 is 2.55 bits per heavy atom. The first kappa shape index (κ1) is 15.7. The van der Waals surface area contributed by atoms with Gasteiger partial charge >= 0.3 is 0 Å². The average Bonchev–Trinajstić information content (AvgIpc) is 2.49. The zero-order valence-corrected chi connectivity index (χ0v) is 12.5. The number of allylic oxidation sites excluding steroid dienone is 2. The largest absolute Gasteiger partial charge is 0.359 e. The molecule has 22 heavy (non-hydrogen) atoms. The van der Waals surface area contributed by atoms with Crippen LogP contribution in [0.5, 0.6) is 0 Å². The Balaban J connectivity index is 2.17. The topological polar surface area (TPSA) is 72.2 Å². The van der Waals surface area contributed by atoms with E-state index in [1.807, 2.05) is 6.07 Å². The van der Waals surface area contributed by atoms with Gasteiger partial charge in [-0.1, -0.05) is 41.9 Å². The molecular weight excluding hydrogens is 304 g/mol. The fraction of sp³-hybridized carbons (Fsp3) is 0.0625. The Kier molecular flexibility index (Phi) is 4.91. The highest BCUT2D eigenvalue weighted by atomic mass is 35.5. The number of ketones is 1. The Hall–Kier alpha value is -2.66. The molecule has 0 aliphatic carbocycles. The van der Waals surface area contributed by atoms with Gasteiger partial charge in [-0.25, -0.2) is 0 Å². The van der Waals surface area contributed by atoms with Crippen molar-refractivity contribution in [2.45, 2.75) is 6.92 Å². The van der Waals surface area contributed by atoms with Crippen molar-refractivity contribution < 1.29 is 9.72 Å². The lowest BCUT2D eigenvalue weighted by molar-refractivity contribution is -0.384. The number of hydrogen-bond acceptors (Lipinski definition) is 4. The maximum absolute atomic E-state index is 12.0. The fourth-order valence-electron chi connectivity index (χ4n) is 1.88. The second-order valence-corrected chi connectivity index (χ2v) is 5.01. The van der Waals surface area contributed by atoms with Crippen LogP contribution in [0.3, 0.4) is 0 Å². The van der Waals surface area contributed by atoms with E-state index < -0.39 is 4.92 Å². The van der Waals surface area contributed by atoms with Crippen LogP contribution in [-0.4, -0.2) is 10.7 Å². The maximum atomic E-state index is 12.0. The van der Waals surface area contributed by atoms with Gasteiger partial charge in [0.25, 0.3) is 5.69 Å². The predicted molar refractivity (Wildman–Crippen MR) is 86.3 cm³/mol. The minimum Gasteiger partial charge on any atom is -0.359 e. The van der Waals surface area contributed by atoms with Gasteiger partial charge in [-0.15, -0.1) is 0 Å². The quantitative estimate of drug-likeness (QED) is 0.383. The van der Waals surface area contributed by atoms with E-state index in [0.29, 0.717) is 16.9 Å². The Morgan fingerprint density at radius 1 is 1.23 bits per heavy atom. The van der Waals surface area contributed by atoms with E-state index in [4.69, 9.17) is 11.6 Å². The molecule has 6 heteroatoms. The Labute approximate surface area is 132 Å². The first-order valence-electron chi connectivity index (χ1n) is 6.46. The van der Waals surface area contributed by atoms with Crippen LogP contribution in [-0.2, 0) is 0 Å². The molecule has 0 radical (unpaired) electrons. The van der Waals surface area contributed by atoms with Gasteiger partial charge in [-0.3, -0.25) is 14.9 Å². The number of carbonyl (C=O) groups excluding carboxylic acids is 1. The minimum atomic E-state index is -0.554. The highest BCUT2D eigenvalue weighted by molar-refractivity contribution is 6.32. The Morgan fingerprint density at radius 2 is 1.91 bits per heavy atom. The molecule has 2 aromatic carbocycles. The van der Waals surface area contributed by atoms with Crippen LogP contribution in [0.15, 0.2) is 60.3 Å². The molecule has 0 saturated carbocycles. The van der Waals surface area contributed by atoms with E-state index in [-0.39, 0.29) is 16.5 Å². The third kappa shape index (κ3) is 3.93. The van der Waals surface area contributed by atoms with Crippen LogP contribution < -0.4 is 5.32 Å². The molecule has 112 valence electrons. The number of halogens is 1. The van der Waals surface area contributed by atoms with Gasteiger partial charge in [-0.05, 0) is 19.1 Å². The number of carbonyl (C=O) groups is 1. The zero-order chi connectivity index (χ0) is 16.1. The minimum absolute atomic E-state index is 0.0672. The molecule has 0 spiro atoms. The number of rotatable bonds is 5. The molecule has 0 atom stereocenters. The summed E-state index contributed by atoms with van der Waals surface area (Å²) in [6.45, 7) is 1.71. The van der Waals surface area contributed by atoms with Gasteiger partial charge in [0.15, 0.2) is 5.78 Å². The molecule has 2 aromatic rings. The van der Waals surface area contributed by atoms with Gasteiger partial charge in [0.05, 0.1) is 4.92 Å². The number of anilines is 1. The Bertz CT molecular complexity index is 742. The molecule has 0 heterocycles. The summed E-state index contributed by atoms with van der Waals surface area (Å²) < 4.78 is 0. The first-order chi connectivity index (χ1) is 10.5. The summed E-state index contributed by atoms with van der Waals surface area (Å²) in [6, 6.07) is 13.2. The lowest BCUT2D eigenvalue weighted by Gasteiger charge is -2.07. The smallest absolute Gasteiger partial charge is 0.289 e. The first-order valence-corrected chi connectivity index (χ1v) is 6.84. The van der Waals surface area contributed by atoms with Crippen LogP contribution in [0.2, 0.25) is 5.02 Å². The summed E-state index contributed by atoms with van der Waals surface area (Å²) in [4.78, 5) is 22.3. The van der Waals surface area contributed by atoms with E-state index in [1.54, 1.807) is 37.3 Å².